The number of nitrogens with two attached hydrogens (primary N) is 1. The first-order valence-corrected chi connectivity index (χ1v) is 9.74. The van der Waals surface area contributed by atoms with Crippen molar-refractivity contribution in [1.82, 2.24) is 0 Å². The number of carbonyl (C=O) groups excluding carboxylic acids is 1. The Bertz CT molecular complexity index is 1060. The minimum atomic E-state index is -1.79. The second-order valence-corrected chi connectivity index (χ2v) is 7.83. The highest BCUT2D eigenvalue weighted by molar-refractivity contribution is 6.00. The summed E-state index contributed by atoms with van der Waals surface area (Å²) in [4.78, 5) is 12.2. The maximum atomic E-state index is 11.1. The minimum Gasteiger partial charge on any atom is -0.493 e. The van der Waals surface area contributed by atoms with Crippen molar-refractivity contribution < 1.29 is 19.2 Å². The van der Waals surface area contributed by atoms with Crippen LogP contribution in [0.2, 0.25) is 0 Å². The molecule has 158 valence electrons. The Morgan fingerprint density at radius 2 is 2.03 bits per heavy atom. The lowest BCUT2D eigenvalue weighted by atomic mass is 9.54. The van der Waals surface area contributed by atoms with Crippen LogP contribution in [-0.4, -0.2) is 45.5 Å². The first-order chi connectivity index (χ1) is 14.8. The molecule has 1 amide bonds. The van der Waals surface area contributed by atoms with Crippen molar-refractivity contribution in [3.8, 4) is 29.7 Å². The molecule has 0 aromatic heterocycles. The van der Waals surface area contributed by atoms with Gasteiger partial charge < -0.3 is 25.5 Å². The average Bonchev–Trinajstić information content (AvgIpc) is 2.77. The van der Waals surface area contributed by atoms with Crippen molar-refractivity contribution in [2.45, 2.75) is 5.92 Å². The third kappa shape index (κ3) is 3.59. The minimum absolute atomic E-state index is 0.194. The standard InChI is InChI=1S/C22H22N6O3/c1-28-6-5-14-15(8-23)21(27)22(11-24,12-25)20(16(14)9-28)13-3-4-17(18(7-13)30-2)31-10-19(26)29/h3-5,7,15-16,20,27H,6,9-10H2,1-2H3,(H2,26,29)/p+1/t15?,16-,20+/m0/s1. The van der Waals surface area contributed by atoms with Gasteiger partial charge in [0.2, 0.25) is 0 Å². The van der Waals surface area contributed by atoms with E-state index in [1.165, 1.54) is 12.0 Å². The summed E-state index contributed by atoms with van der Waals surface area (Å²) in [6, 6.07) is 11.2. The fourth-order valence-electron chi connectivity index (χ4n) is 4.58. The SMILES string of the molecule is COc1cc([C@@H]2[C@H]3C[NH+](C)CC=C3C(C#N)C(=N)C2(C#N)C#N)ccc1OCC(N)=O. The fourth-order valence-corrected chi connectivity index (χ4v) is 4.58. The molecule has 1 aromatic carbocycles. The Morgan fingerprint density at radius 3 is 2.61 bits per heavy atom. The van der Waals surface area contributed by atoms with Crippen LogP contribution in [-0.2, 0) is 4.79 Å². The maximum Gasteiger partial charge on any atom is 0.255 e. The normalized spacial score (nSPS) is 26.3. The lowest BCUT2D eigenvalue weighted by Gasteiger charge is -2.46. The summed E-state index contributed by atoms with van der Waals surface area (Å²) in [6.07, 6.45) is 1.96. The van der Waals surface area contributed by atoms with E-state index >= 15 is 0 Å². The molecule has 1 fully saturated rings. The van der Waals surface area contributed by atoms with Gasteiger partial charge in [-0.05, 0) is 29.3 Å². The molecule has 1 aliphatic heterocycles. The van der Waals surface area contributed by atoms with Crippen molar-refractivity contribution in [2.75, 3.05) is 33.9 Å². The number of hydrogen-bond donors (Lipinski definition) is 3. The van der Waals surface area contributed by atoms with Crippen molar-refractivity contribution in [3.63, 3.8) is 0 Å². The van der Waals surface area contributed by atoms with Crippen LogP contribution in [0.25, 0.3) is 0 Å². The van der Waals surface area contributed by atoms with Gasteiger partial charge in [-0.25, -0.2) is 0 Å². The fraction of sp³-hybridized carbons (Fsp3) is 0.409. The zero-order valence-corrected chi connectivity index (χ0v) is 17.3. The van der Waals surface area contributed by atoms with Gasteiger partial charge in [0, 0.05) is 11.8 Å². The molecule has 0 spiro atoms. The molecule has 0 radical (unpaired) electrons. The second kappa shape index (κ2) is 8.47. The van der Waals surface area contributed by atoms with E-state index in [0.717, 1.165) is 5.57 Å². The number of amides is 1. The molecule has 0 bridgehead atoms. The molecule has 9 heteroatoms. The van der Waals surface area contributed by atoms with Crippen LogP contribution in [0.4, 0.5) is 0 Å². The molecule has 9 nitrogen and oxygen atoms in total. The number of ether oxygens (including phenoxy) is 2. The lowest BCUT2D eigenvalue weighted by molar-refractivity contribution is -0.878. The van der Waals surface area contributed by atoms with Crippen LogP contribution in [0.1, 0.15) is 11.5 Å². The number of nitriles is 3. The zero-order valence-electron chi connectivity index (χ0n) is 17.3. The highest BCUT2D eigenvalue weighted by Crippen LogP contribution is 2.53. The van der Waals surface area contributed by atoms with Crippen LogP contribution in [0.5, 0.6) is 11.5 Å². The summed E-state index contributed by atoms with van der Waals surface area (Å²) < 4.78 is 10.8. The summed E-state index contributed by atoms with van der Waals surface area (Å²) in [6.45, 7) is 1.01. The molecule has 2 aliphatic rings. The molecule has 1 heterocycles. The molecule has 1 saturated carbocycles. The molecule has 4 N–H and O–H groups in total. The van der Waals surface area contributed by atoms with E-state index in [0.29, 0.717) is 30.2 Å². The smallest absolute Gasteiger partial charge is 0.255 e. The number of nitrogens with one attached hydrogen (secondary N) is 2. The number of methoxy groups -OCH3 is 1. The number of primary amides is 1. The lowest BCUT2D eigenvalue weighted by Crippen LogP contribution is -3.10. The highest BCUT2D eigenvalue weighted by Gasteiger charge is 2.58. The Balaban J connectivity index is 2.18. The summed E-state index contributed by atoms with van der Waals surface area (Å²) in [5.74, 6) is -1.85. The summed E-state index contributed by atoms with van der Waals surface area (Å²) >= 11 is 0. The average molecular weight is 419 g/mol. The number of nitrogens with zero attached hydrogens (tertiary/aromatic N) is 3. The van der Waals surface area contributed by atoms with Gasteiger partial charge in [0.25, 0.3) is 5.91 Å². The zero-order chi connectivity index (χ0) is 22.8. The second-order valence-electron chi connectivity index (χ2n) is 7.83. The number of quaternary nitrogens is 1. The Labute approximate surface area is 180 Å². The molecule has 3 rings (SSSR count). The molecular weight excluding hydrogens is 396 g/mol. The topological polar surface area (TPSA) is 161 Å². The summed E-state index contributed by atoms with van der Waals surface area (Å²) in [5, 5.41) is 38.5. The molecule has 2 unspecified atom stereocenters. The number of benzene rings is 1. The van der Waals surface area contributed by atoms with E-state index in [4.69, 9.17) is 20.6 Å². The van der Waals surface area contributed by atoms with Crippen molar-refractivity contribution >= 4 is 11.6 Å². The van der Waals surface area contributed by atoms with E-state index in [1.54, 1.807) is 18.2 Å². The third-order valence-electron chi connectivity index (χ3n) is 6.00. The molecule has 4 atom stereocenters. The number of rotatable bonds is 5. The van der Waals surface area contributed by atoms with Crippen LogP contribution in [0, 0.1) is 56.7 Å². The quantitative estimate of drug-likeness (QED) is 0.566. The molecule has 1 aromatic rings. The van der Waals surface area contributed by atoms with Crippen LogP contribution < -0.4 is 20.1 Å². The predicted molar refractivity (Wildman–Crippen MR) is 109 cm³/mol. The summed E-state index contributed by atoms with van der Waals surface area (Å²) in [5.41, 5.74) is 4.57. The van der Waals surface area contributed by atoms with Gasteiger partial charge in [-0.3, -0.25) is 4.79 Å². The van der Waals surface area contributed by atoms with Gasteiger partial charge >= 0.3 is 0 Å². The highest BCUT2D eigenvalue weighted by atomic mass is 16.5. The number of fused-ring (bicyclic) bond motifs is 1. The van der Waals surface area contributed by atoms with Crippen molar-refractivity contribution in [2.24, 2.45) is 23.0 Å². The molecule has 0 saturated heterocycles. The van der Waals surface area contributed by atoms with Gasteiger partial charge in [0.05, 0.1) is 51.2 Å². The van der Waals surface area contributed by atoms with Crippen LogP contribution in [0.3, 0.4) is 0 Å². The van der Waals surface area contributed by atoms with Gasteiger partial charge in [-0.15, -0.1) is 0 Å². The van der Waals surface area contributed by atoms with E-state index < -0.39 is 23.2 Å². The Morgan fingerprint density at radius 1 is 1.32 bits per heavy atom. The molecular formula is C22H23N6O3+. The molecule has 31 heavy (non-hydrogen) atoms. The first kappa shape index (κ1) is 21.8. The Hall–Kier alpha value is -3.87. The van der Waals surface area contributed by atoms with E-state index in [9.17, 15) is 20.6 Å². The number of carbonyl (C=O) groups is 1. The third-order valence-corrected chi connectivity index (χ3v) is 6.00. The van der Waals surface area contributed by atoms with Crippen LogP contribution >= 0.6 is 0 Å². The predicted octanol–water partition coefficient (Wildman–Crippen LogP) is -0.0795. The van der Waals surface area contributed by atoms with E-state index in [2.05, 4.69) is 18.2 Å². The number of hydrogen-bond acceptors (Lipinski definition) is 7. The molecule has 1 aliphatic carbocycles. The van der Waals surface area contributed by atoms with E-state index in [-0.39, 0.29) is 18.2 Å². The van der Waals surface area contributed by atoms with Gasteiger partial charge in [-0.1, -0.05) is 6.07 Å². The van der Waals surface area contributed by atoms with Crippen LogP contribution in [0.15, 0.2) is 29.8 Å². The Kier molecular flexibility index (Phi) is 5.97. The van der Waals surface area contributed by atoms with Crippen molar-refractivity contribution in [3.05, 3.63) is 35.4 Å². The van der Waals surface area contributed by atoms with Crippen molar-refractivity contribution in [1.29, 1.82) is 21.2 Å². The first-order valence-electron chi connectivity index (χ1n) is 9.74. The number of likely N-dealkylation sites (N-methyl/N-ethyl adjacent to an activating group) is 1. The van der Waals surface area contributed by atoms with E-state index in [1.807, 2.05) is 13.1 Å². The van der Waals surface area contributed by atoms with Gasteiger partial charge in [0.1, 0.15) is 5.92 Å². The maximum absolute atomic E-state index is 11.1. The van der Waals surface area contributed by atoms with Gasteiger partial charge in [0.15, 0.2) is 23.5 Å². The largest absolute Gasteiger partial charge is 0.493 e. The monoisotopic (exact) mass is 419 g/mol. The summed E-state index contributed by atoms with van der Waals surface area (Å²) in [7, 11) is 3.45. The van der Waals surface area contributed by atoms with Gasteiger partial charge in [-0.2, -0.15) is 15.8 Å².